The van der Waals surface area contributed by atoms with Crippen LogP contribution in [-0.4, -0.2) is 35.2 Å². The van der Waals surface area contributed by atoms with E-state index in [1.54, 1.807) is 25.3 Å². The summed E-state index contributed by atoms with van der Waals surface area (Å²) in [5.74, 6) is 0.669. The van der Waals surface area contributed by atoms with Crippen LogP contribution in [-0.2, 0) is 16.4 Å². The highest BCUT2D eigenvalue weighted by Crippen LogP contribution is 2.23. The maximum Gasteiger partial charge on any atom is 0.241 e. The molecule has 0 bridgehead atoms. The Morgan fingerprint density at radius 3 is 2.43 bits per heavy atom. The van der Waals surface area contributed by atoms with E-state index in [0.717, 1.165) is 18.4 Å². The van der Waals surface area contributed by atoms with E-state index < -0.39 is 10.0 Å². The fourth-order valence-corrected chi connectivity index (χ4v) is 3.79. The van der Waals surface area contributed by atoms with Gasteiger partial charge in [0.05, 0.1) is 12.0 Å². The third-order valence-electron chi connectivity index (χ3n) is 3.51. The Hall–Kier alpha value is -1.11. The smallest absolute Gasteiger partial charge is 0.241 e. The first kappa shape index (κ1) is 17.9. The van der Waals surface area contributed by atoms with Crippen LogP contribution < -0.4 is 14.8 Å². The number of benzene rings is 1. The molecule has 5 nitrogen and oxygen atoms in total. The van der Waals surface area contributed by atoms with E-state index in [-0.39, 0.29) is 6.04 Å². The Morgan fingerprint density at radius 2 is 1.90 bits per heavy atom. The number of hydrogen-bond acceptors (Lipinski definition) is 4. The van der Waals surface area contributed by atoms with Crippen molar-refractivity contribution in [2.45, 2.75) is 44.0 Å². The molecule has 0 fully saturated rings. The molecule has 120 valence electrons. The standard InChI is InChI=1S/C15H26N2O3S/c1-5-13(6-2)17-21(18,19)15-8-7-14(20-4)11-12(15)9-10-16-3/h7-8,11,13,16-17H,5-6,9-10H2,1-4H3. The number of ether oxygens (including phenoxy) is 1. The van der Waals surface area contributed by atoms with Crippen molar-refractivity contribution in [3.63, 3.8) is 0 Å². The van der Waals surface area contributed by atoms with Crippen molar-refractivity contribution >= 4 is 10.0 Å². The summed E-state index contributed by atoms with van der Waals surface area (Å²) in [6, 6.07) is 5.06. The first-order chi connectivity index (χ1) is 9.98. The molecule has 0 radical (unpaired) electrons. The summed E-state index contributed by atoms with van der Waals surface area (Å²) in [6.45, 7) is 4.67. The van der Waals surface area contributed by atoms with Gasteiger partial charge in [-0.1, -0.05) is 13.8 Å². The highest BCUT2D eigenvalue weighted by molar-refractivity contribution is 7.89. The number of sulfonamides is 1. The van der Waals surface area contributed by atoms with Crippen molar-refractivity contribution in [3.8, 4) is 5.75 Å². The van der Waals surface area contributed by atoms with Gasteiger partial charge in [0, 0.05) is 6.04 Å². The van der Waals surface area contributed by atoms with Crippen LogP contribution in [0.25, 0.3) is 0 Å². The van der Waals surface area contributed by atoms with E-state index in [1.807, 2.05) is 20.9 Å². The molecule has 0 aromatic heterocycles. The Balaban J connectivity index is 3.14. The molecule has 0 spiro atoms. The molecule has 1 rings (SSSR count). The molecule has 0 saturated carbocycles. The third kappa shape index (κ3) is 4.98. The fraction of sp³-hybridized carbons (Fsp3) is 0.600. The van der Waals surface area contributed by atoms with E-state index in [0.29, 0.717) is 23.6 Å². The lowest BCUT2D eigenvalue weighted by Gasteiger charge is -2.17. The molecule has 0 aliphatic rings. The van der Waals surface area contributed by atoms with Gasteiger partial charge in [0.2, 0.25) is 10.0 Å². The lowest BCUT2D eigenvalue weighted by atomic mass is 10.1. The first-order valence-corrected chi connectivity index (χ1v) is 8.80. The zero-order chi connectivity index (χ0) is 15.9. The molecular weight excluding hydrogens is 288 g/mol. The fourth-order valence-electron chi connectivity index (χ4n) is 2.14. The highest BCUT2D eigenvalue weighted by atomic mass is 32.2. The second kappa shape index (κ2) is 8.36. The summed E-state index contributed by atoms with van der Waals surface area (Å²) >= 11 is 0. The van der Waals surface area contributed by atoms with Gasteiger partial charge in [0.25, 0.3) is 0 Å². The topological polar surface area (TPSA) is 67.4 Å². The highest BCUT2D eigenvalue weighted by Gasteiger charge is 2.21. The summed E-state index contributed by atoms with van der Waals surface area (Å²) in [4.78, 5) is 0.338. The molecule has 1 aromatic carbocycles. The minimum Gasteiger partial charge on any atom is -0.497 e. The first-order valence-electron chi connectivity index (χ1n) is 7.32. The van der Waals surface area contributed by atoms with Gasteiger partial charge in [-0.3, -0.25) is 0 Å². The number of likely N-dealkylation sites (N-methyl/N-ethyl adjacent to an activating group) is 1. The van der Waals surface area contributed by atoms with Crippen LogP contribution in [0.1, 0.15) is 32.3 Å². The minimum atomic E-state index is -3.50. The largest absolute Gasteiger partial charge is 0.497 e. The second-order valence-corrected chi connectivity index (χ2v) is 6.64. The van der Waals surface area contributed by atoms with Crippen LogP contribution in [0.4, 0.5) is 0 Å². The predicted octanol–water partition coefficient (Wildman–Crippen LogP) is 1.92. The number of hydrogen-bond donors (Lipinski definition) is 2. The zero-order valence-corrected chi connectivity index (χ0v) is 14.1. The lowest BCUT2D eigenvalue weighted by molar-refractivity contribution is 0.413. The molecule has 0 heterocycles. The number of methoxy groups -OCH3 is 1. The van der Waals surface area contributed by atoms with Crippen LogP contribution in [0.5, 0.6) is 5.75 Å². The van der Waals surface area contributed by atoms with Crippen molar-refractivity contribution in [2.75, 3.05) is 20.7 Å². The van der Waals surface area contributed by atoms with Crippen LogP contribution in [0.15, 0.2) is 23.1 Å². The van der Waals surface area contributed by atoms with Crippen molar-refractivity contribution in [1.82, 2.24) is 10.0 Å². The molecule has 1 aromatic rings. The van der Waals surface area contributed by atoms with Crippen molar-refractivity contribution < 1.29 is 13.2 Å². The van der Waals surface area contributed by atoms with Gasteiger partial charge in [-0.25, -0.2) is 13.1 Å². The van der Waals surface area contributed by atoms with Gasteiger partial charge in [-0.15, -0.1) is 0 Å². The summed E-state index contributed by atoms with van der Waals surface area (Å²) in [5, 5.41) is 3.04. The van der Waals surface area contributed by atoms with Gasteiger partial charge in [0.15, 0.2) is 0 Å². The molecule has 2 N–H and O–H groups in total. The molecule has 21 heavy (non-hydrogen) atoms. The van der Waals surface area contributed by atoms with Crippen molar-refractivity contribution in [2.24, 2.45) is 0 Å². The van der Waals surface area contributed by atoms with Gasteiger partial charge >= 0.3 is 0 Å². The molecule has 0 unspecified atom stereocenters. The number of nitrogens with one attached hydrogen (secondary N) is 2. The molecule has 0 aliphatic carbocycles. The Kier molecular flexibility index (Phi) is 7.14. The quantitative estimate of drug-likeness (QED) is 0.731. The van der Waals surface area contributed by atoms with E-state index in [4.69, 9.17) is 4.74 Å². The van der Waals surface area contributed by atoms with Gasteiger partial charge in [-0.2, -0.15) is 0 Å². The van der Waals surface area contributed by atoms with Crippen LogP contribution >= 0.6 is 0 Å². The van der Waals surface area contributed by atoms with Crippen LogP contribution in [0.2, 0.25) is 0 Å². The van der Waals surface area contributed by atoms with Gasteiger partial charge < -0.3 is 10.1 Å². The SMILES string of the molecule is CCC(CC)NS(=O)(=O)c1ccc(OC)cc1CCNC. The predicted molar refractivity (Wildman–Crippen MR) is 85.3 cm³/mol. The molecular formula is C15H26N2O3S. The lowest BCUT2D eigenvalue weighted by Crippen LogP contribution is -2.34. The van der Waals surface area contributed by atoms with Crippen LogP contribution in [0, 0.1) is 0 Å². The zero-order valence-electron chi connectivity index (χ0n) is 13.3. The van der Waals surface area contributed by atoms with Crippen LogP contribution in [0.3, 0.4) is 0 Å². The van der Waals surface area contributed by atoms with Crippen molar-refractivity contribution in [3.05, 3.63) is 23.8 Å². The normalized spacial score (nSPS) is 11.9. The summed E-state index contributed by atoms with van der Waals surface area (Å²) in [5.41, 5.74) is 0.766. The van der Waals surface area contributed by atoms with Crippen molar-refractivity contribution in [1.29, 1.82) is 0 Å². The average Bonchev–Trinajstić information content (AvgIpc) is 2.50. The Labute approximate surface area is 128 Å². The molecule has 0 amide bonds. The monoisotopic (exact) mass is 314 g/mol. The Bertz CT molecular complexity index is 540. The third-order valence-corrected chi connectivity index (χ3v) is 5.13. The molecule has 6 heteroatoms. The van der Waals surface area contributed by atoms with E-state index in [2.05, 4.69) is 10.0 Å². The summed E-state index contributed by atoms with van der Waals surface area (Å²) in [7, 11) is -0.0819. The number of rotatable bonds is 9. The van der Waals surface area contributed by atoms with E-state index in [9.17, 15) is 8.42 Å². The second-order valence-electron chi connectivity index (χ2n) is 4.96. The summed E-state index contributed by atoms with van der Waals surface area (Å²) < 4.78 is 33.1. The van der Waals surface area contributed by atoms with E-state index in [1.165, 1.54) is 0 Å². The Morgan fingerprint density at radius 1 is 1.24 bits per heavy atom. The molecule has 0 aliphatic heterocycles. The maximum absolute atomic E-state index is 12.6. The molecule has 0 saturated heterocycles. The van der Waals surface area contributed by atoms with Gasteiger partial charge in [0.1, 0.15) is 5.75 Å². The average molecular weight is 314 g/mol. The van der Waals surface area contributed by atoms with Gasteiger partial charge in [-0.05, 0) is 56.6 Å². The molecule has 0 atom stereocenters. The summed E-state index contributed by atoms with van der Waals surface area (Å²) in [6.07, 6.45) is 2.18. The minimum absolute atomic E-state index is 0.0331. The van der Waals surface area contributed by atoms with E-state index >= 15 is 0 Å². The maximum atomic E-state index is 12.6.